The fourth-order valence-electron chi connectivity index (χ4n) is 3.41. The van der Waals surface area contributed by atoms with E-state index in [0.29, 0.717) is 11.3 Å². The summed E-state index contributed by atoms with van der Waals surface area (Å²) in [5.41, 5.74) is 9.34. The van der Waals surface area contributed by atoms with E-state index in [1.807, 2.05) is 91.0 Å². The van der Waals surface area contributed by atoms with Gasteiger partial charge in [-0.25, -0.2) is 0 Å². The van der Waals surface area contributed by atoms with E-state index in [2.05, 4.69) is 16.2 Å². The van der Waals surface area contributed by atoms with Crippen molar-refractivity contribution in [1.82, 2.24) is 16.2 Å². The van der Waals surface area contributed by atoms with Crippen LogP contribution >= 0.6 is 12.2 Å². The molecule has 0 aliphatic carbocycles. The van der Waals surface area contributed by atoms with Crippen LogP contribution < -0.4 is 20.9 Å². The average Bonchev–Trinajstić information content (AvgIpc) is 2.92. The third kappa shape index (κ3) is 6.52. The molecular weight excluding hydrogens is 458 g/mol. The van der Waals surface area contributed by atoms with Gasteiger partial charge in [-0.1, -0.05) is 91.0 Å². The molecule has 0 saturated carbocycles. The molecule has 3 N–H and O–H groups in total. The fourth-order valence-corrected chi connectivity index (χ4v) is 3.55. The van der Waals surface area contributed by atoms with Crippen LogP contribution in [0.3, 0.4) is 0 Å². The van der Waals surface area contributed by atoms with Crippen molar-refractivity contribution in [2.45, 2.75) is 0 Å². The van der Waals surface area contributed by atoms with Crippen LogP contribution in [0.2, 0.25) is 0 Å². The van der Waals surface area contributed by atoms with Crippen LogP contribution in [0, 0.1) is 0 Å². The summed E-state index contributed by atoms with van der Waals surface area (Å²) in [4.78, 5) is 24.7. The lowest BCUT2D eigenvalue weighted by Crippen LogP contribution is -2.49. The number of carbonyl (C=O) groups is 2. The maximum Gasteiger partial charge on any atom is 0.276 e. The molecule has 0 aliphatic rings. The molecule has 0 unspecified atom stereocenters. The van der Waals surface area contributed by atoms with Crippen molar-refractivity contribution >= 4 is 29.1 Å². The molecule has 2 amide bonds. The van der Waals surface area contributed by atoms with Crippen molar-refractivity contribution in [2.24, 2.45) is 0 Å². The molecule has 0 atom stereocenters. The minimum absolute atomic E-state index is 0.0276. The normalized spacial score (nSPS) is 10.2. The summed E-state index contributed by atoms with van der Waals surface area (Å²) >= 11 is 5.11. The third-order valence-electron chi connectivity index (χ3n) is 5.13. The molecule has 0 saturated heterocycles. The SMILES string of the molecule is O=C(COc1ccccc1-c1ccccc1)NNC(=S)NC(=O)c1ccc(-c2ccccc2)cc1. The van der Waals surface area contributed by atoms with Crippen LogP contribution in [0.1, 0.15) is 10.4 Å². The van der Waals surface area contributed by atoms with Gasteiger partial charge in [-0.3, -0.25) is 25.8 Å². The lowest BCUT2D eigenvalue weighted by molar-refractivity contribution is -0.123. The van der Waals surface area contributed by atoms with Crippen LogP contribution in [-0.2, 0) is 4.79 Å². The van der Waals surface area contributed by atoms with Gasteiger partial charge in [-0.2, -0.15) is 0 Å². The van der Waals surface area contributed by atoms with E-state index in [4.69, 9.17) is 17.0 Å². The summed E-state index contributed by atoms with van der Waals surface area (Å²) < 4.78 is 5.70. The third-order valence-corrected chi connectivity index (χ3v) is 5.33. The van der Waals surface area contributed by atoms with E-state index in [1.54, 1.807) is 18.2 Å². The molecular formula is C28H23N3O3S. The Kier molecular flexibility index (Phi) is 7.83. The number of hydrazine groups is 1. The zero-order valence-electron chi connectivity index (χ0n) is 18.7. The monoisotopic (exact) mass is 481 g/mol. The highest BCUT2D eigenvalue weighted by Crippen LogP contribution is 2.29. The van der Waals surface area contributed by atoms with Gasteiger partial charge < -0.3 is 4.74 Å². The predicted molar refractivity (Wildman–Crippen MR) is 141 cm³/mol. The zero-order chi connectivity index (χ0) is 24.5. The van der Waals surface area contributed by atoms with Crippen molar-refractivity contribution < 1.29 is 14.3 Å². The van der Waals surface area contributed by atoms with E-state index in [9.17, 15) is 9.59 Å². The minimum atomic E-state index is -0.448. The summed E-state index contributed by atoms with van der Waals surface area (Å²) in [6.07, 6.45) is 0. The highest BCUT2D eigenvalue weighted by molar-refractivity contribution is 7.80. The molecule has 35 heavy (non-hydrogen) atoms. The Labute approximate surface area is 208 Å². The molecule has 6 nitrogen and oxygen atoms in total. The summed E-state index contributed by atoms with van der Waals surface area (Å²) in [6.45, 7) is -0.228. The zero-order valence-corrected chi connectivity index (χ0v) is 19.5. The van der Waals surface area contributed by atoms with Crippen molar-refractivity contribution in [3.63, 3.8) is 0 Å². The molecule has 0 heterocycles. The molecule has 0 aliphatic heterocycles. The minimum Gasteiger partial charge on any atom is -0.483 e. The number of ether oxygens (including phenoxy) is 1. The summed E-state index contributed by atoms with van der Waals surface area (Å²) in [5, 5.41) is 2.51. The second-order valence-corrected chi connectivity index (χ2v) is 7.96. The Hall–Kier alpha value is -4.49. The topological polar surface area (TPSA) is 79.5 Å². The lowest BCUT2D eigenvalue weighted by Gasteiger charge is -2.13. The highest BCUT2D eigenvalue weighted by Gasteiger charge is 2.11. The first kappa shape index (κ1) is 23.7. The number of rotatable bonds is 6. The Balaban J connectivity index is 1.25. The number of amides is 2. The van der Waals surface area contributed by atoms with E-state index in [1.165, 1.54) is 0 Å². The number of thiocarbonyl (C=S) groups is 1. The van der Waals surface area contributed by atoms with Crippen LogP contribution in [0.25, 0.3) is 22.3 Å². The van der Waals surface area contributed by atoms with Gasteiger partial charge in [-0.15, -0.1) is 0 Å². The fraction of sp³-hybridized carbons (Fsp3) is 0.0357. The van der Waals surface area contributed by atoms with E-state index in [-0.39, 0.29) is 17.6 Å². The molecule has 7 heteroatoms. The van der Waals surface area contributed by atoms with Gasteiger partial charge in [0.05, 0.1) is 0 Å². The van der Waals surface area contributed by atoms with Crippen LogP contribution in [0.15, 0.2) is 109 Å². The first-order chi connectivity index (χ1) is 17.1. The van der Waals surface area contributed by atoms with Gasteiger partial charge in [0.2, 0.25) is 0 Å². The Bertz CT molecular complexity index is 1310. The summed E-state index contributed by atoms with van der Waals surface area (Å²) in [6, 6.07) is 34.3. The van der Waals surface area contributed by atoms with Gasteiger partial charge in [0.1, 0.15) is 5.75 Å². The first-order valence-electron chi connectivity index (χ1n) is 10.9. The molecule has 0 bridgehead atoms. The maximum absolute atomic E-state index is 12.5. The number of hydrogen-bond donors (Lipinski definition) is 3. The molecule has 0 aromatic heterocycles. The van der Waals surface area contributed by atoms with Crippen molar-refractivity contribution in [3.05, 3.63) is 115 Å². The Morgan fingerprint density at radius 3 is 1.91 bits per heavy atom. The van der Waals surface area contributed by atoms with E-state index in [0.717, 1.165) is 22.3 Å². The Morgan fingerprint density at radius 2 is 1.23 bits per heavy atom. The molecule has 4 aromatic carbocycles. The Morgan fingerprint density at radius 1 is 0.657 bits per heavy atom. The van der Waals surface area contributed by atoms with Crippen molar-refractivity contribution in [2.75, 3.05) is 6.61 Å². The molecule has 4 rings (SSSR count). The van der Waals surface area contributed by atoms with Crippen molar-refractivity contribution in [3.8, 4) is 28.0 Å². The maximum atomic E-state index is 12.5. The molecule has 4 aromatic rings. The van der Waals surface area contributed by atoms with Crippen LogP contribution in [0.5, 0.6) is 5.75 Å². The second kappa shape index (κ2) is 11.6. The van der Waals surface area contributed by atoms with Crippen LogP contribution in [0.4, 0.5) is 0 Å². The van der Waals surface area contributed by atoms with E-state index < -0.39 is 5.91 Å². The molecule has 0 radical (unpaired) electrons. The van der Waals surface area contributed by atoms with Crippen LogP contribution in [-0.4, -0.2) is 23.5 Å². The van der Waals surface area contributed by atoms with Crippen molar-refractivity contribution in [1.29, 1.82) is 0 Å². The molecule has 0 spiro atoms. The summed E-state index contributed by atoms with van der Waals surface area (Å²) in [5.74, 6) is -0.246. The standard InChI is InChI=1S/C28H23N3O3S/c32-26(19-34-25-14-8-7-13-24(25)22-11-5-2-6-12-22)30-31-28(35)29-27(33)23-17-15-21(16-18-23)20-9-3-1-4-10-20/h1-18H,19H2,(H,30,32)(H2,29,31,33,35). The van der Waals surface area contributed by atoms with Gasteiger partial charge in [0.15, 0.2) is 11.7 Å². The number of nitrogens with one attached hydrogen (secondary N) is 3. The van der Waals surface area contributed by atoms with Gasteiger partial charge in [-0.05, 0) is 47.1 Å². The molecule has 0 fully saturated rings. The van der Waals surface area contributed by atoms with E-state index >= 15 is 0 Å². The average molecular weight is 482 g/mol. The smallest absolute Gasteiger partial charge is 0.276 e. The largest absolute Gasteiger partial charge is 0.483 e. The second-order valence-electron chi connectivity index (χ2n) is 7.55. The highest BCUT2D eigenvalue weighted by atomic mass is 32.1. The van der Waals surface area contributed by atoms with Gasteiger partial charge >= 0.3 is 0 Å². The number of benzene rings is 4. The first-order valence-corrected chi connectivity index (χ1v) is 11.3. The predicted octanol–water partition coefficient (Wildman–Crippen LogP) is 4.74. The quantitative estimate of drug-likeness (QED) is 0.274. The number of para-hydroxylation sites is 1. The number of carbonyl (C=O) groups excluding carboxylic acids is 2. The molecule has 174 valence electrons. The van der Waals surface area contributed by atoms with Gasteiger partial charge in [0, 0.05) is 11.1 Å². The number of hydrogen-bond acceptors (Lipinski definition) is 4. The lowest BCUT2D eigenvalue weighted by atomic mass is 10.0. The summed E-state index contributed by atoms with van der Waals surface area (Å²) in [7, 11) is 0. The van der Waals surface area contributed by atoms with Gasteiger partial charge in [0.25, 0.3) is 11.8 Å².